The van der Waals surface area contributed by atoms with Crippen molar-refractivity contribution in [3.8, 4) is 5.75 Å². The van der Waals surface area contributed by atoms with Crippen molar-refractivity contribution in [1.29, 1.82) is 0 Å². The molecule has 15 heavy (non-hydrogen) atoms. The van der Waals surface area contributed by atoms with E-state index in [-0.39, 0.29) is 5.97 Å². The molecule has 3 nitrogen and oxygen atoms in total. The van der Waals surface area contributed by atoms with Crippen LogP contribution in [-0.4, -0.2) is 20.2 Å². The minimum absolute atomic E-state index is 0.324. The third-order valence-corrected chi connectivity index (χ3v) is 2.77. The van der Waals surface area contributed by atoms with Gasteiger partial charge in [0.25, 0.3) is 0 Å². The fraction of sp³-hybridized carbons (Fsp3) is 0.364. The van der Waals surface area contributed by atoms with Gasteiger partial charge in [0, 0.05) is 5.33 Å². The number of esters is 1. The van der Waals surface area contributed by atoms with Crippen LogP contribution in [0.5, 0.6) is 5.75 Å². The van der Waals surface area contributed by atoms with Gasteiger partial charge < -0.3 is 9.47 Å². The normalized spacial score (nSPS) is 9.87. The van der Waals surface area contributed by atoms with Crippen LogP contribution in [0.1, 0.15) is 21.5 Å². The predicted octanol–water partition coefficient (Wildman–Crippen LogP) is 2.69. The Kier molecular flexibility index (Phi) is 4.15. The van der Waals surface area contributed by atoms with Gasteiger partial charge in [0.1, 0.15) is 5.75 Å². The summed E-state index contributed by atoms with van der Waals surface area (Å²) in [7, 11) is 2.98. The molecule has 1 aromatic carbocycles. The van der Waals surface area contributed by atoms with E-state index in [9.17, 15) is 4.79 Å². The first kappa shape index (κ1) is 12.0. The highest BCUT2D eigenvalue weighted by molar-refractivity contribution is 9.08. The van der Waals surface area contributed by atoms with E-state index < -0.39 is 0 Å². The SMILES string of the molecule is COC(=O)c1cc(C)c(OC)cc1CBr. The second kappa shape index (κ2) is 5.16. The van der Waals surface area contributed by atoms with Crippen LogP contribution >= 0.6 is 15.9 Å². The molecular weight excluding hydrogens is 260 g/mol. The summed E-state index contributed by atoms with van der Waals surface area (Å²) in [5, 5.41) is 0.591. The molecule has 4 heteroatoms. The number of carbonyl (C=O) groups is 1. The number of carbonyl (C=O) groups excluding carboxylic acids is 1. The highest BCUT2D eigenvalue weighted by atomic mass is 79.9. The van der Waals surface area contributed by atoms with E-state index in [4.69, 9.17) is 9.47 Å². The summed E-state index contributed by atoms with van der Waals surface area (Å²) in [5.74, 6) is 0.451. The molecule has 1 aromatic rings. The molecule has 0 aliphatic rings. The molecule has 0 aliphatic heterocycles. The Hall–Kier alpha value is -1.03. The molecule has 0 spiro atoms. The second-order valence-electron chi connectivity index (χ2n) is 3.10. The first-order valence-corrected chi connectivity index (χ1v) is 5.58. The highest BCUT2D eigenvalue weighted by Crippen LogP contribution is 2.25. The first-order chi connectivity index (χ1) is 7.13. The lowest BCUT2D eigenvalue weighted by Crippen LogP contribution is -2.06. The largest absolute Gasteiger partial charge is 0.496 e. The summed E-state index contributed by atoms with van der Waals surface area (Å²) in [4.78, 5) is 11.5. The van der Waals surface area contributed by atoms with E-state index in [1.54, 1.807) is 13.2 Å². The number of aryl methyl sites for hydroxylation is 1. The maximum absolute atomic E-state index is 11.5. The zero-order chi connectivity index (χ0) is 11.4. The van der Waals surface area contributed by atoms with Gasteiger partial charge in [-0.1, -0.05) is 15.9 Å². The lowest BCUT2D eigenvalue weighted by molar-refractivity contribution is 0.0599. The molecule has 0 saturated heterocycles. The van der Waals surface area contributed by atoms with Crippen molar-refractivity contribution in [3.63, 3.8) is 0 Å². The van der Waals surface area contributed by atoms with Crippen molar-refractivity contribution in [2.24, 2.45) is 0 Å². The summed E-state index contributed by atoms with van der Waals surface area (Å²) < 4.78 is 9.89. The molecule has 0 bridgehead atoms. The first-order valence-electron chi connectivity index (χ1n) is 4.45. The molecular formula is C11H13BrO3. The number of methoxy groups -OCH3 is 2. The average Bonchev–Trinajstić information content (AvgIpc) is 2.27. The van der Waals surface area contributed by atoms with Crippen molar-refractivity contribution in [3.05, 3.63) is 28.8 Å². The van der Waals surface area contributed by atoms with Gasteiger partial charge in [0.2, 0.25) is 0 Å². The third-order valence-electron chi connectivity index (χ3n) is 2.17. The van der Waals surface area contributed by atoms with Gasteiger partial charge in [0.15, 0.2) is 0 Å². The van der Waals surface area contributed by atoms with Crippen molar-refractivity contribution in [1.82, 2.24) is 0 Å². The molecule has 82 valence electrons. The molecule has 0 N–H and O–H groups in total. The molecule has 0 saturated carbocycles. The molecule has 0 fully saturated rings. The molecule has 0 heterocycles. The van der Waals surface area contributed by atoms with Crippen molar-refractivity contribution in [2.45, 2.75) is 12.3 Å². The summed E-state index contributed by atoms with van der Waals surface area (Å²) in [6.07, 6.45) is 0. The minimum Gasteiger partial charge on any atom is -0.496 e. The van der Waals surface area contributed by atoms with Crippen LogP contribution in [0, 0.1) is 6.92 Å². The average molecular weight is 273 g/mol. The van der Waals surface area contributed by atoms with Gasteiger partial charge in [-0.15, -0.1) is 0 Å². The van der Waals surface area contributed by atoms with E-state index in [0.29, 0.717) is 10.9 Å². The zero-order valence-corrected chi connectivity index (χ0v) is 10.6. The van der Waals surface area contributed by atoms with Gasteiger partial charge in [-0.2, -0.15) is 0 Å². The van der Waals surface area contributed by atoms with Crippen LogP contribution in [0.25, 0.3) is 0 Å². The Bertz CT molecular complexity index is 374. The fourth-order valence-corrected chi connectivity index (χ4v) is 1.82. The Morgan fingerprint density at radius 1 is 1.40 bits per heavy atom. The number of ether oxygens (including phenoxy) is 2. The van der Waals surface area contributed by atoms with E-state index in [1.807, 2.05) is 13.0 Å². The Balaban J connectivity index is 3.27. The molecule has 0 amide bonds. The van der Waals surface area contributed by atoms with Crippen LogP contribution in [-0.2, 0) is 10.1 Å². The summed E-state index contributed by atoms with van der Waals surface area (Å²) >= 11 is 3.33. The quantitative estimate of drug-likeness (QED) is 0.627. The van der Waals surface area contributed by atoms with Crippen LogP contribution in [0.2, 0.25) is 0 Å². The smallest absolute Gasteiger partial charge is 0.338 e. The predicted molar refractivity (Wildman–Crippen MR) is 61.7 cm³/mol. The monoisotopic (exact) mass is 272 g/mol. The van der Waals surface area contributed by atoms with E-state index >= 15 is 0 Å². The number of halogens is 1. The van der Waals surface area contributed by atoms with Crippen molar-refractivity contribution < 1.29 is 14.3 Å². The van der Waals surface area contributed by atoms with Gasteiger partial charge in [0.05, 0.1) is 19.8 Å². The number of hydrogen-bond donors (Lipinski definition) is 0. The lowest BCUT2D eigenvalue weighted by atomic mass is 10.0. The zero-order valence-electron chi connectivity index (χ0n) is 8.96. The van der Waals surface area contributed by atoms with E-state index in [0.717, 1.165) is 16.9 Å². The third kappa shape index (κ3) is 2.50. The van der Waals surface area contributed by atoms with Crippen LogP contribution in [0.3, 0.4) is 0 Å². The lowest BCUT2D eigenvalue weighted by Gasteiger charge is -2.10. The van der Waals surface area contributed by atoms with Crippen LogP contribution in [0.15, 0.2) is 12.1 Å². The van der Waals surface area contributed by atoms with Crippen molar-refractivity contribution in [2.75, 3.05) is 14.2 Å². The topological polar surface area (TPSA) is 35.5 Å². The highest BCUT2D eigenvalue weighted by Gasteiger charge is 2.13. The minimum atomic E-state index is -0.324. The molecule has 1 rings (SSSR count). The van der Waals surface area contributed by atoms with Crippen molar-refractivity contribution >= 4 is 21.9 Å². The molecule has 0 unspecified atom stereocenters. The number of rotatable bonds is 3. The number of alkyl halides is 1. The van der Waals surface area contributed by atoms with Gasteiger partial charge in [-0.05, 0) is 30.2 Å². The standard InChI is InChI=1S/C11H13BrO3/c1-7-4-9(11(13)15-3)8(6-12)5-10(7)14-2/h4-5H,6H2,1-3H3. The summed E-state index contributed by atoms with van der Waals surface area (Å²) in [6, 6.07) is 3.62. The maximum atomic E-state index is 11.5. The van der Waals surface area contributed by atoms with E-state index in [1.165, 1.54) is 7.11 Å². The number of benzene rings is 1. The Labute approximate surface area is 97.5 Å². The van der Waals surface area contributed by atoms with Crippen LogP contribution in [0.4, 0.5) is 0 Å². The van der Waals surface area contributed by atoms with Crippen LogP contribution < -0.4 is 4.74 Å². The van der Waals surface area contributed by atoms with Gasteiger partial charge in [-0.25, -0.2) is 4.79 Å². The summed E-state index contributed by atoms with van der Waals surface area (Å²) in [6.45, 7) is 1.89. The number of hydrogen-bond acceptors (Lipinski definition) is 3. The Morgan fingerprint density at radius 2 is 2.07 bits per heavy atom. The Morgan fingerprint density at radius 3 is 2.53 bits per heavy atom. The second-order valence-corrected chi connectivity index (χ2v) is 3.66. The van der Waals surface area contributed by atoms with Gasteiger partial charge >= 0.3 is 5.97 Å². The molecule has 0 aliphatic carbocycles. The molecule has 0 aromatic heterocycles. The van der Waals surface area contributed by atoms with Gasteiger partial charge in [-0.3, -0.25) is 0 Å². The maximum Gasteiger partial charge on any atom is 0.338 e. The molecule has 0 radical (unpaired) electrons. The fourth-order valence-electron chi connectivity index (χ4n) is 1.36. The molecule has 0 atom stereocenters. The van der Waals surface area contributed by atoms with E-state index in [2.05, 4.69) is 15.9 Å². The summed E-state index contributed by atoms with van der Waals surface area (Å²) in [5.41, 5.74) is 2.36.